The van der Waals surface area contributed by atoms with Crippen molar-refractivity contribution in [1.29, 1.82) is 0 Å². The third kappa shape index (κ3) is 3.71. The van der Waals surface area contributed by atoms with E-state index in [9.17, 15) is 0 Å². The summed E-state index contributed by atoms with van der Waals surface area (Å²) in [5.74, 6) is 1.09. The van der Waals surface area contributed by atoms with Gasteiger partial charge in [-0.2, -0.15) is 0 Å². The van der Waals surface area contributed by atoms with E-state index in [-0.39, 0.29) is 6.10 Å². The first-order valence-corrected chi connectivity index (χ1v) is 7.57. The highest BCUT2D eigenvalue weighted by Gasteiger charge is 2.20. The molecule has 0 aromatic heterocycles. The first-order valence-electron chi connectivity index (χ1n) is 6.78. The molecule has 0 amide bonds. The zero-order chi connectivity index (χ0) is 13.8. The molecule has 1 aliphatic heterocycles. The van der Waals surface area contributed by atoms with E-state index in [1.807, 2.05) is 7.05 Å². The summed E-state index contributed by atoms with van der Waals surface area (Å²) in [6.07, 6.45) is 3.24. The third-order valence-corrected chi connectivity index (χ3v) is 4.18. The fourth-order valence-corrected chi connectivity index (χ4v) is 3.12. The molecule has 1 aromatic carbocycles. The molecule has 2 unspecified atom stereocenters. The molecule has 0 bridgehead atoms. The van der Waals surface area contributed by atoms with Crippen LogP contribution in [0.2, 0.25) is 0 Å². The number of benzene rings is 1. The minimum absolute atomic E-state index is 0.263. The van der Waals surface area contributed by atoms with Crippen molar-refractivity contribution >= 4 is 15.9 Å². The molecule has 0 radical (unpaired) electrons. The minimum atomic E-state index is 0.263. The minimum Gasteiger partial charge on any atom is -0.493 e. The average molecular weight is 328 g/mol. The Hall–Kier alpha value is -0.580. The molecule has 0 saturated heterocycles. The van der Waals surface area contributed by atoms with E-state index in [2.05, 4.69) is 40.3 Å². The fraction of sp³-hybridized carbons (Fsp3) is 0.600. The number of nitrogens with one attached hydrogen (secondary N) is 1. The SMILES string of the molecule is CNC(Cc1cc(Br)cc2c1OCC2)CC(C)OC. The first-order chi connectivity index (χ1) is 9.13. The predicted molar refractivity (Wildman–Crippen MR) is 81.0 cm³/mol. The van der Waals surface area contributed by atoms with Crippen LogP contribution in [0.3, 0.4) is 0 Å². The van der Waals surface area contributed by atoms with Crippen LogP contribution in [0.25, 0.3) is 0 Å². The van der Waals surface area contributed by atoms with E-state index < -0.39 is 0 Å². The Kier molecular flexibility index (Phi) is 5.25. The van der Waals surface area contributed by atoms with E-state index >= 15 is 0 Å². The summed E-state index contributed by atoms with van der Waals surface area (Å²) in [5.41, 5.74) is 2.60. The molecule has 0 fully saturated rings. The van der Waals surface area contributed by atoms with Crippen LogP contribution in [0, 0.1) is 0 Å². The van der Waals surface area contributed by atoms with Crippen molar-refractivity contribution in [2.45, 2.75) is 38.3 Å². The summed E-state index contributed by atoms with van der Waals surface area (Å²) in [5, 5.41) is 3.38. The van der Waals surface area contributed by atoms with Crippen molar-refractivity contribution in [2.24, 2.45) is 0 Å². The van der Waals surface area contributed by atoms with Gasteiger partial charge in [0.2, 0.25) is 0 Å². The summed E-state index contributed by atoms with van der Waals surface area (Å²) in [7, 11) is 3.77. The molecule has 0 aliphatic carbocycles. The fourth-order valence-electron chi connectivity index (χ4n) is 2.56. The zero-order valence-corrected chi connectivity index (χ0v) is 13.4. The Labute approximate surface area is 123 Å². The van der Waals surface area contributed by atoms with Gasteiger partial charge in [0.05, 0.1) is 12.7 Å². The number of ether oxygens (including phenoxy) is 2. The van der Waals surface area contributed by atoms with Gasteiger partial charge < -0.3 is 14.8 Å². The Balaban J connectivity index is 2.13. The molecule has 4 heteroatoms. The average Bonchev–Trinajstić information content (AvgIpc) is 2.85. The second-order valence-corrected chi connectivity index (χ2v) is 6.04. The van der Waals surface area contributed by atoms with Crippen molar-refractivity contribution in [2.75, 3.05) is 20.8 Å². The van der Waals surface area contributed by atoms with E-state index in [4.69, 9.17) is 9.47 Å². The van der Waals surface area contributed by atoms with Gasteiger partial charge in [-0.1, -0.05) is 15.9 Å². The molecule has 19 heavy (non-hydrogen) atoms. The molecule has 1 N–H and O–H groups in total. The lowest BCUT2D eigenvalue weighted by Crippen LogP contribution is -2.31. The smallest absolute Gasteiger partial charge is 0.125 e. The second kappa shape index (κ2) is 6.73. The van der Waals surface area contributed by atoms with E-state index in [0.29, 0.717) is 6.04 Å². The number of likely N-dealkylation sites (N-methyl/N-ethyl adjacent to an activating group) is 1. The van der Waals surface area contributed by atoms with Crippen LogP contribution >= 0.6 is 15.9 Å². The van der Waals surface area contributed by atoms with Crippen LogP contribution in [0.15, 0.2) is 16.6 Å². The van der Waals surface area contributed by atoms with Crippen molar-refractivity contribution in [3.8, 4) is 5.75 Å². The normalized spacial score (nSPS) is 16.8. The summed E-state index contributed by atoms with van der Waals surface area (Å²) in [6, 6.07) is 4.74. The Morgan fingerprint density at radius 2 is 2.26 bits per heavy atom. The molecule has 2 rings (SSSR count). The van der Waals surface area contributed by atoms with E-state index in [1.54, 1.807) is 7.11 Å². The van der Waals surface area contributed by atoms with Gasteiger partial charge in [-0.05, 0) is 50.1 Å². The second-order valence-electron chi connectivity index (χ2n) is 5.12. The summed E-state index contributed by atoms with van der Waals surface area (Å²) in [6.45, 7) is 2.91. The van der Waals surface area contributed by atoms with Crippen molar-refractivity contribution in [3.63, 3.8) is 0 Å². The number of hydrogen-bond acceptors (Lipinski definition) is 3. The van der Waals surface area contributed by atoms with Gasteiger partial charge in [0.25, 0.3) is 0 Å². The molecule has 0 saturated carbocycles. The van der Waals surface area contributed by atoms with Crippen LogP contribution in [-0.2, 0) is 17.6 Å². The van der Waals surface area contributed by atoms with Gasteiger partial charge in [-0.3, -0.25) is 0 Å². The maximum Gasteiger partial charge on any atom is 0.125 e. The molecule has 3 nitrogen and oxygen atoms in total. The summed E-state index contributed by atoms with van der Waals surface area (Å²) >= 11 is 3.59. The van der Waals surface area contributed by atoms with Gasteiger partial charge in [-0.25, -0.2) is 0 Å². The van der Waals surface area contributed by atoms with Crippen molar-refractivity contribution in [1.82, 2.24) is 5.32 Å². The Morgan fingerprint density at radius 3 is 2.95 bits per heavy atom. The lowest BCUT2D eigenvalue weighted by atomic mass is 9.98. The van der Waals surface area contributed by atoms with Gasteiger partial charge in [0.15, 0.2) is 0 Å². The number of halogens is 1. The van der Waals surface area contributed by atoms with Crippen molar-refractivity contribution in [3.05, 3.63) is 27.7 Å². The molecular formula is C15H22BrNO2. The molecule has 1 aliphatic rings. The molecule has 1 aromatic rings. The molecule has 2 atom stereocenters. The van der Waals surface area contributed by atoms with Gasteiger partial charge in [0, 0.05) is 24.0 Å². The maximum absolute atomic E-state index is 5.78. The van der Waals surface area contributed by atoms with E-state index in [0.717, 1.165) is 36.1 Å². The standard InChI is InChI=1S/C15H22BrNO2/c1-10(18-3)6-14(17-2)9-12-8-13(16)7-11-4-5-19-15(11)12/h7-8,10,14,17H,4-6,9H2,1-3H3. The number of fused-ring (bicyclic) bond motifs is 1. The quantitative estimate of drug-likeness (QED) is 0.871. The van der Waals surface area contributed by atoms with Gasteiger partial charge in [-0.15, -0.1) is 0 Å². The highest BCUT2D eigenvalue weighted by atomic mass is 79.9. The predicted octanol–water partition coefficient (Wildman–Crippen LogP) is 2.94. The zero-order valence-electron chi connectivity index (χ0n) is 11.8. The lowest BCUT2D eigenvalue weighted by molar-refractivity contribution is 0.101. The Bertz CT molecular complexity index is 436. The highest BCUT2D eigenvalue weighted by Crippen LogP contribution is 2.34. The monoisotopic (exact) mass is 327 g/mol. The van der Waals surface area contributed by atoms with Crippen LogP contribution in [0.1, 0.15) is 24.5 Å². The first kappa shape index (κ1) is 14.8. The number of hydrogen-bond donors (Lipinski definition) is 1. The number of rotatable bonds is 6. The van der Waals surface area contributed by atoms with Crippen LogP contribution in [-0.4, -0.2) is 32.9 Å². The van der Waals surface area contributed by atoms with Gasteiger partial charge in [0.1, 0.15) is 5.75 Å². The molecule has 106 valence electrons. The van der Waals surface area contributed by atoms with E-state index in [1.165, 1.54) is 11.1 Å². The maximum atomic E-state index is 5.78. The van der Waals surface area contributed by atoms with Crippen LogP contribution in [0.4, 0.5) is 0 Å². The Morgan fingerprint density at radius 1 is 1.47 bits per heavy atom. The van der Waals surface area contributed by atoms with Crippen LogP contribution < -0.4 is 10.1 Å². The highest BCUT2D eigenvalue weighted by molar-refractivity contribution is 9.10. The molecule has 0 spiro atoms. The summed E-state index contributed by atoms with van der Waals surface area (Å²) < 4.78 is 12.3. The number of methoxy groups -OCH3 is 1. The molecule has 1 heterocycles. The lowest BCUT2D eigenvalue weighted by Gasteiger charge is -2.21. The third-order valence-electron chi connectivity index (χ3n) is 3.72. The largest absolute Gasteiger partial charge is 0.493 e. The summed E-state index contributed by atoms with van der Waals surface area (Å²) in [4.78, 5) is 0. The van der Waals surface area contributed by atoms with Gasteiger partial charge >= 0.3 is 0 Å². The van der Waals surface area contributed by atoms with Crippen LogP contribution in [0.5, 0.6) is 5.75 Å². The molecular weight excluding hydrogens is 306 g/mol. The van der Waals surface area contributed by atoms with Crippen molar-refractivity contribution < 1.29 is 9.47 Å². The topological polar surface area (TPSA) is 30.5 Å².